The minimum atomic E-state index is -0.282. The van der Waals surface area contributed by atoms with Crippen molar-refractivity contribution in [2.24, 2.45) is 5.73 Å². The standard InChI is InChI=1S/C14H23N3O/c1-14(2,16-13(18)10-15)9-11-5-7-12(8-6-11)17(3)4/h5-8H,9-10,15H2,1-4H3,(H,16,18). The van der Waals surface area contributed by atoms with E-state index in [0.717, 1.165) is 6.42 Å². The van der Waals surface area contributed by atoms with Gasteiger partial charge in [0, 0.05) is 25.3 Å². The third-order valence-corrected chi connectivity index (χ3v) is 2.76. The average Bonchev–Trinajstić information content (AvgIpc) is 2.28. The highest BCUT2D eigenvalue weighted by Crippen LogP contribution is 2.17. The first kappa shape index (κ1) is 14.5. The van der Waals surface area contributed by atoms with E-state index in [1.807, 2.05) is 27.9 Å². The number of hydrogen-bond acceptors (Lipinski definition) is 3. The quantitative estimate of drug-likeness (QED) is 0.823. The van der Waals surface area contributed by atoms with Crippen molar-refractivity contribution in [3.8, 4) is 0 Å². The molecule has 0 aliphatic carbocycles. The van der Waals surface area contributed by atoms with Crippen molar-refractivity contribution < 1.29 is 4.79 Å². The molecular formula is C14H23N3O. The molecule has 0 aliphatic rings. The van der Waals surface area contributed by atoms with Gasteiger partial charge in [-0.2, -0.15) is 0 Å². The van der Waals surface area contributed by atoms with E-state index in [0.29, 0.717) is 0 Å². The van der Waals surface area contributed by atoms with Crippen molar-refractivity contribution >= 4 is 11.6 Å². The number of nitrogens with one attached hydrogen (secondary N) is 1. The van der Waals surface area contributed by atoms with Crippen molar-refractivity contribution in [2.75, 3.05) is 25.5 Å². The van der Waals surface area contributed by atoms with Crippen molar-refractivity contribution in [2.45, 2.75) is 25.8 Å². The molecule has 0 unspecified atom stereocenters. The predicted octanol–water partition coefficient (Wildman–Crippen LogP) is 1.15. The molecule has 0 atom stereocenters. The second-order valence-electron chi connectivity index (χ2n) is 5.37. The first-order chi connectivity index (χ1) is 8.34. The van der Waals surface area contributed by atoms with Crippen LogP contribution in [0.5, 0.6) is 0 Å². The third kappa shape index (κ3) is 4.37. The molecular weight excluding hydrogens is 226 g/mol. The van der Waals surface area contributed by atoms with Gasteiger partial charge in [-0.1, -0.05) is 12.1 Å². The normalized spacial score (nSPS) is 11.2. The zero-order valence-corrected chi connectivity index (χ0v) is 11.7. The van der Waals surface area contributed by atoms with E-state index in [1.54, 1.807) is 0 Å². The van der Waals surface area contributed by atoms with Gasteiger partial charge in [0.1, 0.15) is 0 Å². The van der Waals surface area contributed by atoms with Gasteiger partial charge in [-0.25, -0.2) is 0 Å². The number of amides is 1. The van der Waals surface area contributed by atoms with E-state index in [2.05, 4.69) is 34.5 Å². The van der Waals surface area contributed by atoms with Gasteiger partial charge in [0.2, 0.25) is 5.91 Å². The highest BCUT2D eigenvalue weighted by atomic mass is 16.1. The van der Waals surface area contributed by atoms with Gasteiger partial charge in [-0.05, 0) is 38.0 Å². The monoisotopic (exact) mass is 249 g/mol. The van der Waals surface area contributed by atoms with Crippen LogP contribution in [0, 0.1) is 0 Å². The smallest absolute Gasteiger partial charge is 0.234 e. The van der Waals surface area contributed by atoms with Crippen LogP contribution in [0.3, 0.4) is 0 Å². The summed E-state index contributed by atoms with van der Waals surface area (Å²) in [5, 5.41) is 2.92. The Balaban J connectivity index is 2.69. The molecule has 0 aromatic heterocycles. The summed E-state index contributed by atoms with van der Waals surface area (Å²) in [5.41, 5.74) is 7.39. The molecule has 4 nitrogen and oxygen atoms in total. The molecule has 3 N–H and O–H groups in total. The maximum absolute atomic E-state index is 11.3. The van der Waals surface area contributed by atoms with Crippen LogP contribution in [0.4, 0.5) is 5.69 Å². The lowest BCUT2D eigenvalue weighted by Crippen LogP contribution is -2.47. The van der Waals surface area contributed by atoms with E-state index >= 15 is 0 Å². The van der Waals surface area contributed by atoms with Gasteiger partial charge < -0.3 is 16.0 Å². The molecule has 0 spiro atoms. The molecule has 4 heteroatoms. The molecule has 1 aromatic carbocycles. The average molecular weight is 249 g/mol. The minimum absolute atomic E-state index is 0.0308. The molecule has 0 radical (unpaired) electrons. The predicted molar refractivity (Wildman–Crippen MR) is 75.7 cm³/mol. The van der Waals surface area contributed by atoms with Gasteiger partial charge in [0.05, 0.1) is 6.54 Å². The van der Waals surface area contributed by atoms with Crippen molar-refractivity contribution in [3.63, 3.8) is 0 Å². The Bertz CT molecular complexity index is 396. The number of benzene rings is 1. The van der Waals surface area contributed by atoms with Crippen LogP contribution >= 0.6 is 0 Å². The van der Waals surface area contributed by atoms with Crippen molar-refractivity contribution in [3.05, 3.63) is 29.8 Å². The zero-order chi connectivity index (χ0) is 13.8. The number of anilines is 1. The van der Waals surface area contributed by atoms with Crippen LogP contribution in [0.1, 0.15) is 19.4 Å². The SMILES string of the molecule is CN(C)c1ccc(CC(C)(C)NC(=O)CN)cc1. The molecule has 0 heterocycles. The molecule has 18 heavy (non-hydrogen) atoms. The van der Waals surface area contributed by atoms with Crippen LogP contribution in [0.15, 0.2) is 24.3 Å². The molecule has 0 aliphatic heterocycles. The van der Waals surface area contributed by atoms with E-state index in [-0.39, 0.29) is 18.0 Å². The maximum atomic E-state index is 11.3. The Morgan fingerprint density at radius 2 is 1.83 bits per heavy atom. The Hall–Kier alpha value is -1.55. The Morgan fingerprint density at radius 3 is 2.28 bits per heavy atom. The molecule has 0 saturated heterocycles. The number of hydrogen-bond donors (Lipinski definition) is 2. The highest BCUT2D eigenvalue weighted by Gasteiger charge is 2.20. The number of carbonyl (C=O) groups excluding carboxylic acids is 1. The van der Waals surface area contributed by atoms with Crippen molar-refractivity contribution in [1.29, 1.82) is 0 Å². The van der Waals surface area contributed by atoms with E-state index in [4.69, 9.17) is 5.73 Å². The van der Waals surface area contributed by atoms with Crippen LogP contribution in [0.2, 0.25) is 0 Å². The van der Waals surface area contributed by atoms with E-state index in [9.17, 15) is 4.79 Å². The second-order valence-corrected chi connectivity index (χ2v) is 5.37. The summed E-state index contributed by atoms with van der Waals surface area (Å²) in [6.07, 6.45) is 0.784. The lowest BCUT2D eigenvalue weighted by Gasteiger charge is -2.26. The summed E-state index contributed by atoms with van der Waals surface area (Å²) in [6.45, 7) is 4.03. The highest BCUT2D eigenvalue weighted by molar-refractivity contribution is 5.78. The summed E-state index contributed by atoms with van der Waals surface area (Å²) in [6, 6.07) is 8.34. The lowest BCUT2D eigenvalue weighted by molar-refractivity contribution is -0.121. The molecule has 0 bridgehead atoms. The summed E-state index contributed by atoms with van der Waals surface area (Å²) in [4.78, 5) is 13.4. The zero-order valence-electron chi connectivity index (χ0n) is 11.7. The number of nitrogens with two attached hydrogens (primary N) is 1. The van der Waals surface area contributed by atoms with Crippen LogP contribution in [0.25, 0.3) is 0 Å². The molecule has 1 aromatic rings. The lowest BCUT2D eigenvalue weighted by atomic mass is 9.94. The van der Waals surface area contributed by atoms with Crippen molar-refractivity contribution in [1.82, 2.24) is 5.32 Å². The number of nitrogens with zero attached hydrogens (tertiary/aromatic N) is 1. The van der Waals surface area contributed by atoms with E-state index < -0.39 is 0 Å². The second kappa shape index (κ2) is 5.87. The van der Waals surface area contributed by atoms with Gasteiger partial charge in [-0.15, -0.1) is 0 Å². The maximum Gasteiger partial charge on any atom is 0.234 e. The van der Waals surface area contributed by atoms with Gasteiger partial charge >= 0.3 is 0 Å². The fourth-order valence-corrected chi connectivity index (χ4v) is 1.89. The molecule has 0 saturated carbocycles. The van der Waals surface area contributed by atoms with Crippen LogP contribution in [-0.2, 0) is 11.2 Å². The Kier molecular flexibility index (Phi) is 4.73. The first-order valence-electron chi connectivity index (χ1n) is 6.11. The Morgan fingerprint density at radius 1 is 1.28 bits per heavy atom. The van der Waals surface area contributed by atoms with Gasteiger partial charge in [0.25, 0.3) is 0 Å². The fourth-order valence-electron chi connectivity index (χ4n) is 1.89. The van der Waals surface area contributed by atoms with Crippen LogP contribution < -0.4 is 16.0 Å². The number of rotatable bonds is 5. The summed E-state index contributed by atoms with van der Waals surface area (Å²) >= 11 is 0. The van der Waals surface area contributed by atoms with E-state index in [1.165, 1.54) is 11.3 Å². The topological polar surface area (TPSA) is 58.4 Å². The molecule has 1 rings (SSSR count). The largest absolute Gasteiger partial charge is 0.378 e. The first-order valence-corrected chi connectivity index (χ1v) is 6.11. The summed E-state index contributed by atoms with van der Waals surface area (Å²) in [5.74, 6) is -0.120. The molecule has 1 amide bonds. The third-order valence-electron chi connectivity index (χ3n) is 2.76. The summed E-state index contributed by atoms with van der Waals surface area (Å²) < 4.78 is 0. The van der Waals surface area contributed by atoms with Gasteiger partial charge in [-0.3, -0.25) is 4.79 Å². The minimum Gasteiger partial charge on any atom is -0.378 e. The number of carbonyl (C=O) groups is 1. The van der Waals surface area contributed by atoms with Crippen LogP contribution in [-0.4, -0.2) is 32.1 Å². The van der Waals surface area contributed by atoms with Gasteiger partial charge in [0.15, 0.2) is 0 Å². The molecule has 100 valence electrons. The summed E-state index contributed by atoms with van der Waals surface area (Å²) in [7, 11) is 4.03. The fraction of sp³-hybridized carbons (Fsp3) is 0.500. The Labute approximate surface area is 109 Å². The molecule has 0 fully saturated rings.